The second-order valence-electron chi connectivity index (χ2n) is 3.19. The summed E-state index contributed by atoms with van der Waals surface area (Å²) >= 11 is 2.84. The predicted molar refractivity (Wildman–Crippen MR) is 61.3 cm³/mol. The molecule has 0 bridgehead atoms. The van der Waals surface area contributed by atoms with E-state index in [1.807, 2.05) is 0 Å². The summed E-state index contributed by atoms with van der Waals surface area (Å²) in [6.45, 7) is -0.286. The summed E-state index contributed by atoms with van der Waals surface area (Å²) < 4.78 is 18.1. The van der Waals surface area contributed by atoms with Crippen LogP contribution in [-0.2, 0) is 0 Å². The molecule has 0 fully saturated rings. The zero-order valence-electron chi connectivity index (χ0n) is 8.60. The monoisotopic (exact) mass is 308 g/mol. The minimum absolute atomic E-state index is 0.0316. The summed E-state index contributed by atoms with van der Waals surface area (Å²) in [5.41, 5.74) is 4.76. The molecule has 1 unspecified atom stereocenters. The van der Waals surface area contributed by atoms with Crippen LogP contribution in [0.15, 0.2) is 16.6 Å². The van der Waals surface area contributed by atoms with Gasteiger partial charge in [-0.25, -0.2) is 4.39 Å². The third-order valence-corrected chi connectivity index (χ3v) is 2.51. The van der Waals surface area contributed by atoms with Crippen LogP contribution in [0.5, 0.6) is 5.75 Å². The highest BCUT2D eigenvalue weighted by molar-refractivity contribution is 9.10. The molecule has 0 aliphatic heterocycles. The number of rotatable bonds is 5. The smallest absolute Gasteiger partial charge is 0.312 e. The molecule has 3 N–H and O–H groups in total. The molecule has 0 aromatic heterocycles. The summed E-state index contributed by atoms with van der Waals surface area (Å²) in [6, 6.07) is 1.88. The van der Waals surface area contributed by atoms with Crippen LogP contribution in [0.3, 0.4) is 0 Å². The summed E-state index contributed by atoms with van der Waals surface area (Å²) in [4.78, 5) is 9.99. The molecule has 0 saturated heterocycles. The number of benzene rings is 1. The van der Waals surface area contributed by atoms with Crippen molar-refractivity contribution < 1.29 is 19.2 Å². The molecule has 0 saturated carbocycles. The van der Waals surface area contributed by atoms with Crippen molar-refractivity contribution in [3.05, 3.63) is 32.5 Å². The molecule has 0 amide bonds. The summed E-state index contributed by atoms with van der Waals surface area (Å²) in [5.74, 6) is -0.934. The molecule has 1 aromatic rings. The van der Waals surface area contributed by atoms with Gasteiger partial charge < -0.3 is 15.6 Å². The molecular formula is C9H10BrFN2O4. The number of nitro benzene ring substituents is 1. The molecule has 6 nitrogen and oxygen atoms in total. The molecule has 8 heteroatoms. The van der Waals surface area contributed by atoms with Crippen LogP contribution < -0.4 is 10.5 Å². The van der Waals surface area contributed by atoms with Crippen LogP contribution >= 0.6 is 15.9 Å². The largest absolute Gasteiger partial charge is 0.484 e. The van der Waals surface area contributed by atoms with Crippen LogP contribution in [0.2, 0.25) is 0 Å². The molecule has 0 aliphatic rings. The maximum absolute atomic E-state index is 13.2. The van der Waals surface area contributed by atoms with Crippen LogP contribution in [-0.4, -0.2) is 29.3 Å². The van der Waals surface area contributed by atoms with Gasteiger partial charge in [0, 0.05) is 18.7 Å². The van der Waals surface area contributed by atoms with Crippen LogP contribution in [0.4, 0.5) is 10.1 Å². The Labute approximate surface area is 104 Å². The molecule has 1 aromatic carbocycles. The third-order valence-electron chi connectivity index (χ3n) is 1.90. The molecule has 1 atom stereocenters. The first-order valence-electron chi connectivity index (χ1n) is 4.60. The summed E-state index contributed by atoms with van der Waals surface area (Å²) in [6.07, 6.45) is -0.957. The second-order valence-corrected chi connectivity index (χ2v) is 4.05. The Balaban J connectivity index is 2.96. The van der Waals surface area contributed by atoms with Crippen LogP contribution in [0.1, 0.15) is 0 Å². The Bertz CT molecular complexity index is 430. The Morgan fingerprint density at radius 2 is 2.29 bits per heavy atom. The van der Waals surface area contributed by atoms with Gasteiger partial charge in [-0.1, -0.05) is 0 Å². The van der Waals surface area contributed by atoms with Gasteiger partial charge in [0.05, 0.1) is 9.40 Å². The van der Waals surface area contributed by atoms with Crippen molar-refractivity contribution in [1.82, 2.24) is 0 Å². The topological polar surface area (TPSA) is 98.6 Å². The van der Waals surface area contributed by atoms with E-state index in [0.29, 0.717) is 0 Å². The highest BCUT2D eigenvalue weighted by Gasteiger charge is 2.19. The fourth-order valence-corrected chi connectivity index (χ4v) is 1.36. The number of ether oxygens (including phenoxy) is 1. The SMILES string of the molecule is NCC(O)COc1cc(F)c(Br)cc1[N+](=O)[O-]. The summed E-state index contributed by atoms with van der Waals surface area (Å²) in [5, 5.41) is 19.8. The molecule has 94 valence electrons. The van der Waals surface area contributed by atoms with Gasteiger partial charge in [0.15, 0.2) is 5.75 Å². The fourth-order valence-electron chi connectivity index (χ4n) is 1.03. The number of nitrogens with two attached hydrogens (primary N) is 1. The zero-order chi connectivity index (χ0) is 13.0. The summed E-state index contributed by atoms with van der Waals surface area (Å²) in [7, 11) is 0. The molecular weight excluding hydrogens is 299 g/mol. The van der Waals surface area contributed by atoms with E-state index in [1.165, 1.54) is 0 Å². The van der Waals surface area contributed by atoms with Gasteiger partial charge in [0.25, 0.3) is 0 Å². The van der Waals surface area contributed by atoms with Crippen molar-refractivity contribution in [3.63, 3.8) is 0 Å². The number of nitrogens with zero attached hydrogens (tertiary/aromatic N) is 1. The van der Waals surface area contributed by atoms with E-state index in [2.05, 4.69) is 15.9 Å². The lowest BCUT2D eigenvalue weighted by Gasteiger charge is -2.10. The van der Waals surface area contributed by atoms with Gasteiger partial charge in [0.1, 0.15) is 18.5 Å². The van der Waals surface area contributed by atoms with Gasteiger partial charge in [-0.2, -0.15) is 0 Å². The fraction of sp³-hybridized carbons (Fsp3) is 0.333. The second kappa shape index (κ2) is 5.89. The van der Waals surface area contributed by atoms with Crippen molar-refractivity contribution in [2.75, 3.05) is 13.2 Å². The minimum atomic E-state index is -0.957. The number of nitro groups is 1. The first kappa shape index (κ1) is 13.8. The number of halogens is 2. The Kier molecular flexibility index (Phi) is 4.79. The lowest BCUT2D eigenvalue weighted by Crippen LogP contribution is -2.26. The lowest BCUT2D eigenvalue weighted by molar-refractivity contribution is -0.386. The van der Waals surface area contributed by atoms with E-state index in [0.717, 1.165) is 12.1 Å². The van der Waals surface area contributed by atoms with Crippen LogP contribution in [0.25, 0.3) is 0 Å². The number of aliphatic hydroxyl groups excluding tert-OH is 1. The van der Waals surface area contributed by atoms with E-state index in [9.17, 15) is 14.5 Å². The highest BCUT2D eigenvalue weighted by Crippen LogP contribution is 2.32. The van der Waals surface area contributed by atoms with Crippen molar-refractivity contribution in [2.45, 2.75) is 6.10 Å². The van der Waals surface area contributed by atoms with E-state index in [-0.39, 0.29) is 29.1 Å². The van der Waals surface area contributed by atoms with Gasteiger partial charge in [-0.3, -0.25) is 10.1 Å². The zero-order valence-corrected chi connectivity index (χ0v) is 10.2. The molecule has 17 heavy (non-hydrogen) atoms. The maximum Gasteiger partial charge on any atom is 0.312 e. The first-order chi connectivity index (χ1) is 7.95. The van der Waals surface area contributed by atoms with Gasteiger partial charge in [-0.15, -0.1) is 0 Å². The van der Waals surface area contributed by atoms with Crippen LogP contribution in [0, 0.1) is 15.9 Å². The average molecular weight is 309 g/mol. The Morgan fingerprint density at radius 3 is 2.82 bits per heavy atom. The quantitative estimate of drug-likeness (QED) is 0.629. The van der Waals surface area contributed by atoms with Gasteiger partial charge >= 0.3 is 5.69 Å². The standard InChI is InChI=1S/C9H10BrFN2O4/c10-6-1-8(13(15)16)9(2-7(6)11)17-4-5(14)3-12/h1-2,5,14H,3-4,12H2. The highest BCUT2D eigenvalue weighted by atomic mass is 79.9. The number of aliphatic hydroxyl groups is 1. The molecule has 0 heterocycles. The Hall–Kier alpha value is -1.25. The van der Waals surface area contributed by atoms with E-state index >= 15 is 0 Å². The maximum atomic E-state index is 13.2. The molecule has 1 rings (SSSR count). The minimum Gasteiger partial charge on any atom is -0.484 e. The number of hydrogen-bond donors (Lipinski definition) is 2. The normalized spacial score (nSPS) is 12.2. The average Bonchev–Trinajstić information content (AvgIpc) is 2.29. The van der Waals surface area contributed by atoms with Crippen molar-refractivity contribution in [3.8, 4) is 5.75 Å². The lowest BCUT2D eigenvalue weighted by atomic mass is 10.3. The molecule has 0 aliphatic carbocycles. The predicted octanol–water partition coefficient (Wildman–Crippen LogP) is 1.19. The number of hydrogen-bond acceptors (Lipinski definition) is 5. The van der Waals surface area contributed by atoms with Crippen molar-refractivity contribution >= 4 is 21.6 Å². The third kappa shape index (κ3) is 3.62. The van der Waals surface area contributed by atoms with Gasteiger partial charge in [0.2, 0.25) is 0 Å². The van der Waals surface area contributed by atoms with E-state index in [1.54, 1.807) is 0 Å². The first-order valence-corrected chi connectivity index (χ1v) is 5.39. The van der Waals surface area contributed by atoms with E-state index < -0.39 is 16.8 Å². The van der Waals surface area contributed by atoms with Crippen molar-refractivity contribution in [1.29, 1.82) is 0 Å². The van der Waals surface area contributed by atoms with Gasteiger partial charge in [-0.05, 0) is 15.9 Å². The molecule has 0 spiro atoms. The van der Waals surface area contributed by atoms with Crippen molar-refractivity contribution in [2.24, 2.45) is 5.73 Å². The van der Waals surface area contributed by atoms with E-state index in [4.69, 9.17) is 15.6 Å². The Morgan fingerprint density at radius 1 is 1.65 bits per heavy atom. The molecule has 0 radical (unpaired) electrons.